The Balaban J connectivity index is 1.61. The van der Waals surface area contributed by atoms with Crippen molar-refractivity contribution in [2.24, 2.45) is 5.41 Å². The summed E-state index contributed by atoms with van der Waals surface area (Å²) >= 11 is 1.62. The SMILES string of the molecule is CC1(C)CC(=O)c2sc(N3CCOCC3)c(C#Cc3ccc4nccn4c3)c2C1. The molecule has 29 heavy (non-hydrogen) atoms. The van der Waals surface area contributed by atoms with E-state index in [0.29, 0.717) is 19.6 Å². The third-order valence-electron chi connectivity index (χ3n) is 5.56. The van der Waals surface area contributed by atoms with Gasteiger partial charge in [0.2, 0.25) is 0 Å². The lowest BCUT2D eigenvalue weighted by Gasteiger charge is -2.29. The third-order valence-corrected chi connectivity index (χ3v) is 6.89. The summed E-state index contributed by atoms with van der Waals surface area (Å²) < 4.78 is 7.51. The molecule has 1 fully saturated rings. The van der Waals surface area contributed by atoms with Gasteiger partial charge in [0.25, 0.3) is 0 Å². The minimum atomic E-state index is -0.0282. The number of aromatic nitrogens is 2. The Morgan fingerprint density at radius 2 is 2.00 bits per heavy atom. The summed E-state index contributed by atoms with van der Waals surface area (Å²) in [6.45, 7) is 7.45. The lowest BCUT2D eigenvalue weighted by atomic mass is 9.75. The van der Waals surface area contributed by atoms with E-state index in [4.69, 9.17) is 4.74 Å². The third kappa shape index (κ3) is 3.45. The summed E-state index contributed by atoms with van der Waals surface area (Å²) in [6, 6.07) is 3.97. The fraction of sp³-hybridized carbons (Fsp3) is 0.391. The fourth-order valence-electron chi connectivity index (χ4n) is 4.15. The highest BCUT2D eigenvalue weighted by atomic mass is 32.1. The number of fused-ring (bicyclic) bond motifs is 2. The molecule has 2 aliphatic rings. The van der Waals surface area contributed by atoms with E-state index in [2.05, 4.69) is 35.6 Å². The van der Waals surface area contributed by atoms with Gasteiger partial charge in [0.05, 0.1) is 23.7 Å². The van der Waals surface area contributed by atoms with Crippen LogP contribution in [0.5, 0.6) is 0 Å². The average molecular weight is 406 g/mol. The molecular weight excluding hydrogens is 382 g/mol. The Bertz CT molecular complexity index is 1160. The maximum Gasteiger partial charge on any atom is 0.173 e. The molecule has 0 saturated carbocycles. The van der Waals surface area contributed by atoms with Crippen molar-refractivity contribution in [3.05, 3.63) is 52.3 Å². The van der Waals surface area contributed by atoms with E-state index in [9.17, 15) is 4.79 Å². The minimum Gasteiger partial charge on any atom is -0.378 e. The molecule has 0 radical (unpaired) electrons. The Morgan fingerprint density at radius 1 is 1.17 bits per heavy atom. The maximum atomic E-state index is 12.8. The molecule has 0 bridgehead atoms. The van der Waals surface area contributed by atoms with E-state index in [1.54, 1.807) is 17.5 Å². The van der Waals surface area contributed by atoms with Crippen molar-refractivity contribution in [1.29, 1.82) is 0 Å². The molecule has 1 saturated heterocycles. The molecule has 5 rings (SSSR count). The predicted octanol–water partition coefficient (Wildman–Crippen LogP) is 3.79. The first-order valence-corrected chi connectivity index (χ1v) is 10.8. The zero-order valence-electron chi connectivity index (χ0n) is 16.7. The van der Waals surface area contributed by atoms with Gasteiger partial charge in [-0.2, -0.15) is 0 Å². The van der Waals surface area contributed by atoms with Crippen LogP contribution in [0.4, 0.5) is 5.00 Å². The van der Waals surface area contributed by atoms with E-state index in [0.717, 1.165) is 51.7 Å². The lowest BCUT2D eigenvalue weighted by molar-refractivity contribution is 0.0917. The molecular formula is C23H23N3O2S. The molecule has 4 heterocycles. The van der Waals surface area contributed by atoms with E-state index >= 15 is 0 Å². The number of rotatable bonds is 1. The molecule has 0 aromatic carbocycles. The van der Waals surface area contributed by atoms with Crippen LogP contribution in [0.25, 0.3) is 5.65 Å². The second kappa shape index (κ2) is 7.01. The van der Waals surface area contributed by atoms with Crippen molar-refractivity contribution in [1.82, 2.24) is 9.38 Å². The number of hydrogen-bond acceptors (Lipinski definition) is 5. The Kier molecular flexibility index (Phi) is 4.45. The van der Waals surface area contributed by atoms with Crippen LogP contribution in [0.15, 0.2) is 30.7 Å². The summed E-state index contributed by atoms with van der Waals surface area (Å²) in [6.07, 6.45) is 7.20. The number of thiophene rings is 1. The predicted molar refractivity (Wildman–Crippen MR) is 115 cm³/mol. The van der Waals surface area contributed by atoms with Crippen LogP contribution in [0.3, 0.4) is 0 Å². The van der Waals surface area contributed by atoms with Gasteiger partial charge in [-0.15, -0.1) is 11.3 Å². The molecule has 0 N–H and O–H groups in total. The number of imidazole rings is 1. The average Bonchev–Trinajstić information content (AvgIpc) is 3.30. The first-order valence-electron chi connectivity index (χ1n) is 9.96. The number of anilines is 1. The standard InChI is InChI=1S/C23H23N3O2S/c1-23(2)13-18-17(5-3-16-4-6-20-24-7-8-26(20)15-16)22(25-9-11-28-12-10-25)29-21(18)19(27)14-23/h4,6-8,15H,9-14H2,1-2H3. The van der Waals surface area contributed by atoms with Crippen molar-refractivity contribution in [3.63, 3.8) is 0 Å². The van der Waals surface area contributed by atoms with E-state index in [-0.39, 0.29) is 11.2 Å². The van der Waals surface area contributed by atoms with Gasteiger partial charge in [-0.1, -0.05) is 25.7 Å². The van der Waals surface area contributed by atoms with Gasteiger partial charge in [-0.05, 0) is 29.5 Å². The molecule has 6 heteroatoms. The van der Waals surface area contributed by atoms with Crippen LogP contribution in [-0.4, -0.2) is 41.5 Å². The number of carbonyl (C=O) groups excluding carboxylic acids is 1. The van der Waals surface area contributed by atoms with E-state index in [1.807, 2.05) is 28.9 Å². The van der Waals surface area contributed by atoms with Crippen LogP contribution in [-0.2, 0) is 11.2 Å². The largest absolute Gasteiger partial charge is 0.378 e. The molecule has 3 aromatic rings. The van der Waals surface area contributed by atoms with Crippen LogP contribution >= 0.6 is 11.3 Å². The summed E-state index contributed by atoms with van der Waals surface area (Å²) in [5.41, 5.74) is 3.97. The minimum absolute atomic E-state index is 0.0282. The van der Waals surface area contributed by atoms with Crippen molar-refractivity contribution in [3.8, 4) is 11.8 Å². The number of hydrogen-bond donors (Lipinski definition) is 0. The van der Waals surface area contributed by atoms with Crippen molar-refractivity contribution >= 4 is 27.8 Å². The Labute approximate surface area is 174 Å². The molecule has 0 atom stereocenters. The van der Waals surface area contributed by atoms with Crippen molar-refractivity contribution in [2.75, 3.05) is 31.2 Å². The molecule has 148 valence electrons. The van der Waals surface area contributed by atoms with Gasteiger partial charge in [0.15, 0.2) is 5.78 Å². The second-order valence-corrected chi connectivity index (χ2v) is 9.49. The van der Waals surface area contributed by atoms with Gasteiger partial charge in [0, 0.05) is 43.7 Å². The maximum absolute atomic E-state index is 12.8. The number of Topliss-reactive ketones (excluding diaryl/α,β-unsaturated/α-hetero) is 1. The van der Waals surface area contributed by atoms with Crippen molar-refractivity contribution in [2.45, 2.75) is 26.7 Å². The van der Waals surface area contributed by atoms with E-state index < -0.39 is 0 Å². The van der Waals surface area contributed by atoms with Gasteiger partial charge in [-0.25, -0.2) is 4.98 Å². The number of ether oxygens (including phenoxy) is 1. The first-order chi connectivity index (χ1) is 14.0. The molecule has 0 spiro atoms. The van der Waals surface area contributed by atoms with Gasteiger partial charge < -0.3 is 14.0 Å². The molecule has 3 aromatic heterocycles. The number of nitrogens with zero attached hydrogens (tertiary/aromatic N) is 3. The van der Waals surface area contributed by atoms with Gasteiger partial charge >= 0.3 is 0 Å². The van der Waals surface area contributed by atoms with Gasteiger partial charge in [-0.3, -0.25) is 4.79 Å². The highest BCUT2D eigenvalue weighted by Gasteiger charge is 2.36. The normalized spacial score (nSPS) is 18.4. The molecule has 5 nitrogen and oxygen atoms in total. The second-order valence-electron chi connectivity index (χ2n) is 8.49. The van der Waals surface area contributed by atoms with Crippen LogP contribution < -0.4 is 4.90 Å². The summed E-state index contributed by atoms with van der Waals surface area (Å²) in [5, 5.41) is 1.13. The molecule has 0 unspecified atom stereocenters. The monoisotopic (exact) mass is 405 g/mol. The summed E-state index contributed by atoms with van der Waals surface area (Å²) in [5.74, 6) is 7.04. The zero-order valence-corrected chi connectivity index (χ0v) is 17.5. The summed E-state index contributed by atoms with van der Waals surface area (Å²) in [7, 11) is 0. The fourth-order valence-corrected chi connectivity index (χ4v) is 5.41. The Morgan fingerprint density at radius 3 is 2.83 bits per heavy atom. The van der Waals surface area contributed by atoms with Crippen LogP contribution in [0, 0.1) is 17.3 Å². The van der Waals surface area contributed by atoms with Crippen molar-refractivity contribution < 1.29 is 9.53 Å². The number of carbonyl (C=O) groups is 1. The zero-order chi connectivity index (χ0) is 20.0. The molecule has 1 aliphatic carbocycles. The lowest BCUT2D eigenvalue weighted by Crippen LogP contribution is -2.36. The number of pyridine rings is 1. The Hall–Kier alpha value is -2.62. The number of morpholine rings is 1. The first kappa shape index (κ1) is 18.4. The molecule has 1 aliphatic heterocycles. The van der Waals surface area contributed by atoms with Crippen LogP contribution in [0.1, 0.15) is 46.6 Å². The van der Waals surface area contributed by atoms with Crippen LogP contribution in [0.2, 0.25) is 0 Å². The topological polar surface area (TPSA) is 46.8 Å². The smallest absolute Gasteiger partial charge is 0.173 e. The van der Waals surface area contributed by atoms with Gasteiger partial charge in [0.1, 0.15) is 10.6 Å². The highest BCUT2D eigenvalue weighted by molar-refractivity contribution is 7.18. The molecule has 0 amide bonds. The quantitative estimate of drug-likeness (QED) is 0.578. The van der Waals surface area contributed by atoms with E-state index in [1.165, 1.54) is 0 Å². The highest BCUT2D eigenvalue weighted by Crippen LogP contribution is 2.44. The number of ketones is 1. The summed E-state index contributed by atoms with van der Waals surface area (Å²) in [4.78, 5) is 20.4.